The van der Waals surface area contributed by atoms with Crippen LogP contribution in [0.2, 0.25) is 0 Å². The van der Waals surface area contributed by atoms with E-state index in [0.717, 1.165) is 40.3 Å². The first-order valence-corrected chi connectivity index (χ1v) is 10.7. The molecule has 1 aromatic carbocycles. The highest BCUT2D eigenvalue weighted by molar-refractivity contribution is 5.89. The van der Waals surface area contributed by atoms with Gasteiger partial charge < -0.3 is 26.2 Å². The van der Waals surface area contributed by atoms with Crippen LogP contribution in [0.25, 0.3) is 11.3 Å². The number of rotatable bonds is 5. The van der Waals surface area contributed by atoms with E-state index in [1.807, 2.05) is 25.3 Å². The fourth-order valence-corrected chi connectivity index (χ4v) is 4.39. The molecule has 3 atom stereocenters. The van der Waals surface area contributed by atoms with Crippen molar-refractivity contribution in [3.8, 4) is 11.3 Å². The maximum absolute atomic E-state index is 9.55. The van der Waals surface area contributed by atoms with Gasteiger partial charge in [-0.1, -0.05) is 6.07 Å². The summed E-state index contributed by atoms with van der Waals surface area (Å²) >= 11 is 0. The molecule has 0 spiro atoms. The summed E-state index contributed by atoms with van der Waals surface area (Å²) in [4.78, 5) is 26.3. The lowest BCUT2D eigenvalue weighted by Gasteiger charge is -2.37. The van der Waals surface area contributed by atoms with Gasteiger partial charge >= 0.3 is 11.9 Å². The Balaban J connectivity index is 0.000000312. The summed E-state index contributed by atoms with van der Waals surface area (Å²) in [6.07, 6.45) is 8.27. The summed E-state index contributed by atoms with van der Waals surface area (Å²) in [7, 11) is 2.28. The van der Waals surface area contributed by atoms with E-state index in [1.54, 1.807) is 0 Å². The maximum Gasteiger partial charge on any atom is 0.328 e. The summed E-state index contributed by atoms with van der Waals surface area (Å²) in [6.45, 7) is 2.03. The van der Waals surface area contributed by atoms with Crippen LogP contribution in [0.4, 0.5) is 11.4 Å². The zero-order valence-corrected chi connectivity index (χ0v) is 18.4. The molecule has 1 aromatic heterocycles. The molecule has 1 unspecified atom stereocenters. The minimum Gasteiger partial charge on any atom is -0.478 e. The topological polar surface area (TPSA) is 129 Å². The molecule has 2 bridgehead atoms. The van der Waals surface area contributed by atoms with Crippen LogP contribution in [0.3, 0.4) is 0 Å². The molecule has 8 heteroatoms. The third-order valence-corrected chi connectivity index (χ3v) is 6.17. The summed E-state index contributed by atoms with van der Waals surface area (Å²) in [6, 6.07) is 12.4. The molecule has 2 aromatic rings. The molecular formula is C24H30N4O4. The number of aromatic nitrogens is 1. The maximum atomic E-state index is 9.55. The lowest BCUT2D eigenvalue weighted by molar-refractivity contribution is -0.134. The van der Waals surface area contributed by atoms with Crippen molar-refractivity contribution in [2.45, 2.75) is 50.7 Å². The molecule has 0 aliphatic carbocycles. The minimum absolute atomic E-state index is 0.558. The van der Waals surface area contributed by atoms with E-state index in [-0.39, 0.29) is 0 Å². The zero-order valence-electron chi connectivity index (χ0n) is 18.4. The normalized spacial score (nSPS) is 22.2. The first-order chi connectivity index (χ1) is 15.2. The van der Waals surface area contributed by atoms with Gasteiger partial charge in [-0.05, 0) is 69.5 Å². The number of anilines is 2. The molecule has 3 heterocycles. The quantitative estimate of drug-likeness (QED) is 0.413. The highest BCUT2D eigenvalue weighted by Crippen LogP contribution is 2.35. The van der Waals surface area contributed by atoms with Gasteiger partial charge in [0.05, 0.1) is 17.6 Å². The number of aliphatic carboxylic acids is 2. The molecule has 2 saturated heterocycles. The van der Waals surface area contributed by atoms with Gasteiger partial charge in [0.25, 0.3) is 0 Å². The number of hydrogen-bond donors (Lipinski definition) is 4. The Labute approximate surface area is 187 Å². The highest BCUT2D eigenvalue weighted by Gasteiger charge is 2.38. The van der Waals surface area contributed by atoms with Gasteiger partial charge in [0.15, 0.2) is 0 Å². The fraction of sp³-hybridized carbons (Fsp3) is 0.375. The van der Waals surface area contributed by atoms with Crippen molar-refractivity contribution in [1.82, 2.24) is 9.88 Å². The van der Waals surface area contributed by atoms with Gasteiger partial charge in [0, 0.05) is 41.5 Å². The number of piperidine rings is 1. The number of carbonyl (C=O) groups is 2. The Hall–Kier alpha value is -3.39. The van der Waals surface area contributed by atoms with E-state index in [9.17, 15) is 9.59 Å². The van der Waals surface area contributed by atoms with E-state index in [4.69, 9.17) is 15.9 Å². The number of carboxylic acids is 2. The fourth-order valence-electron chi connectivity index (χ4n) is 4.39. The number of pyridine rings is 1. The predicted octanol–water partition coefficient (Wildman–Crippen LogP) is 3.39. The van der Waals surface area contributed by atoms with Crippen molar-refractivity contribution in [3.63, 3.8) is 0 Å². The molecule has 5 N–H and O–H groups in total. The number of hydrogen-bond acceptors (Lipinski definition) is 6. The van der Waals surface area contributed by atoms with E-state index in [0.29, 0.717) is 18.2 Å². The molecule has 0 saturated carbocycles. The molecule has 2 fully saturated rings. The largest absolute Gasteiger partial charge is 0.478 e. The highest BCUT2D eigenvalue weighted by atomic mass is 16.4. The molecule has 32 heavy (non-hydrogen) atoms. The van der Waals surface area contributed by atoms with Crippen LogP contribution in [-0.2, 0) is 9.59 Å². The molecule has 0 amide bonds. The number of benzene rings is 1. The van der Waals surface area contributed by atoms with Crippen molar-refractivity contribution in [1.29, 1.82) is 0 Å². The number of carboxylic acid groups (broad SMARTS) is 2. The summed E-state index contributed by atoms with van der Waals surface area (Å²) in [5.41, 5.74) is 11.1. The second-order valence-corrected chi connectivity index (χ2v) is 8.38. The van der Waals surface area contributed by atoms with Crippen LogP contribution in [0, 0.1) is 6.92 Å². The number of nitrogens with one attached hydrogen (secondary N) is 1. The summed E-state index contributed by atoms with van der Waals surface area (Å²) in [5.74, 6) is -2.51. The second-order valence-electron chi connectivity index (χ2n) is 8.38. The number of nitrogens with zero attached hydrogens (tertiary/aromatic N) is 2. The molecule has 0 radical (unpaired) electrons. The first kappa shape index (κ1) is 23.3. The van der Waals surface area contributed by atoms with Crippen LogP contribution in [0.15, 0.2) is 48.7 Å². The van der Waals surface area contributed by atoms with Crippen molar-refractivity contribution >= 4 is 23.3 Å². The Kier molecular flexibility index (Phi) is 7.48. The van der Waals surface area contributed by atoms with Gasteiger partial charge in [0.1, 0.15) is 0 Å². The lowest BCUT2D eigenvalue weighted by Crippen LogP contribution is -2.44. The Morgan fingerprint density at radius 3 is 2.22 bits per heavy atom. The number of nitrogens with two attached hydrogens (primary N) is 1. The molecule has 170 valence electrons. The average molecular weight is 439 g/mol. The predicted molar refractivity (Wildman–Crippen MR) is 124 cm³/mol. The Morgan fingerprint density at radius 1 is 1.09 bits per heavy atom. The van der Waals surface area contributed by atoms with Crippen LogP contribution < -0.4 is 11.1 Å². The summed E-state index contributed by atoms with van der Waals surface area (Å²) < 4.78 is 0. The van der Waals surface area contributed by atoms with E-state index in [2.05, 4.69) is 40.4 Å². The third-order valence-electron chi connectivity index (χ3n) is 6.17. The molecule has 4 rings (SSSR count). The SMILES string of the molecule is Cc1cc(-c2ccc(NC3C[C@H]4CC[C@@H](C3)N4C)cn2)ccc1N.O=C(O)/C=C/C(=O)O. The second kappa shape index (κ2) is 10.3. The van der Waals surface area contributed by atoms with Crippen molar-refractivity contribution in [2.24, 2.45) is 0 Å². The van der Waals surface area contributed by atoms with E-state index < -0.39 is 11.9 Å². The zero-order chi connectivity index (χ0) is 23.3. The monoisotopic (exact) mass is 438 g/mol. The van der Waals surface area contributed by atoms with Crippen molar-refractivity contribution in [2.75, 3.05) is 18.1 Å². The molecule has 2 aliphatic heterocycles. The van der Waals surface area contributed by atoms with Gasteiger partial charge in [0.2, 0.25) is 0 Å². The van der Waals surface area contributed by atoms with Gasteiger partial charge in [-0.15, -0.1) is 0 Å². The van der Waals surface area contributed by atoms with Gasteiger partial charge in [-0.2, -0.15) is 0 Å². The molecular weight excluding hydrogens is 408 g/mol. The first-order valence-electron chi connectivity index (χ1n) is 10.7. The lowest BCUT2D eigenvalue weighted by atomic mass is 9.98. The molecule has 8 nitrogen and oxygen atoms in total. The number of nitrogen functional groups attached to an aromatic ring is 1. The van der Waals surface area contributed by atoms with Crippen LogP contribution in [0.5, 0.6) is 0 Å². The Morgan fingerprint density at radius 2 is 1.72 bits per heavy atom. The smallest absolute Gasteiger partial charge is 0.328 e. The minimum atomic E-state index is -1.26. The third kappa shape index (κ3) is 6.07. The van der Waals surface area contributed by atoms with E-state index >= 15 is 0 Å². The van der Waals surface area contributed by atoms with Gasteiger partial charge in [-0.3, -0.25) is 4.98 Å². The molecule has 2 aliphatic rings. The van der Waals surface area contributed by atoms with Crippen LogP contribution in [0.1, 0.15) is 31.2 Å². The van der Waals surface area contributed by atoms with E-state index in [1.165, 1.54) is 25.7 Å². The average Bonchev–Trinajstić information content (AvgIpc) is 2.96. The number of aryl methyl sites for hydroxylation is 1. The standard InChI is InChI=1S/C20H26N4.C4H4O4/c1-13-9-14(3-7-19(13)21)20-8-4-15(12-22-20)23-16-10-17-5-6-18(11-16)24(17)2;5-3(6)1-2-4(7)8/h3-4,7-9,12,16-18,23H,5-6,10-11,21H2,1-2H3;1-2H,(H,5,6)(H,7,8)/b;2-1+/t16?,17-,18+;. The van der Waals surface area contributed by atoms with Gasteiger partial charge in [-0.25, -0.2) is 9.59 Å². The van der Waals surface area contributed by atoms with Crippen molar-refractivity contribution in [3.05, 3.63) is 54.2 Å². The van der Waals surface area contributed by atoms with Crippen molar-refractivity contribution < 1.29 is 19.8 Å². The number of fused-ring (bicyclic) bond motifs is 2. The Bertz CT molecular complexity index is 960. The summed E-state index contributed by atoms with van der Waals surface area (Å²) in [5, 5.41) is 19.3. The van der Waals surface area contributed by atoms with Crippen LogP contribution in [-0.4, -0.2) is 57.2 Å². The van der Waals surface area contributed by atoms with Crippen LogP contribution >= 0.6 is 0 Å².